The summed E-state index contributed by atoms with van der Waals surface area (Å²) in [6.45, 7) is 1.80. The number of carbonyl (C=O) groups excluding carboxylic acids is 1. The second kappa shape index (κ2) is 12.5. The molecule has 0 fully saturated rings. The second-order valence-corrected chi connectivity index (χ2v) is 10.5. The topological polar surface area (TPSA) is 79.2 Å². The molecule has 41 heavy (non-hydrogen) atoms. The van der Waals surface area contributed by atoms with E-state index in [9.17, 15) is 9.18 Å². The number of amides is 1. The van der Waals surface area contributed by atoms with E-state index in [1.807, 2.05) is 40.8 Å². The number of benzene rings is 3. The number of rotatable bonds is 10. The minimum atomic E-state index is -0.292. The van der Waals surface area contributed by atoms with Gasteiger partial charge in [-0.3, -0.25) is 4.79 Å². The predicted octanol–water partition coefficient (Wildman–Crippen LogP) is 6.14. The van der Waals surface area contributed by atoms with E-state index in [2.05, 4.69) is 10.3 Å². The van der Waals surface area contributed by atoms with Gasteiger partial charge in [0.15, 0.2) is 17.0 Å². The van der Waals surface area contributed by atoms with E-state index in [0.29, 0.717) is 64.7 Å². The van der Waals surface area contributed by atoms with Crippen molar-refractivity contribution in [1.29, 1.82) is 0 Å². The van der Waals surface area contributed by atoms with Crippen LogP contribution in [-0.4, -0.2) is 57.5 Å². The van der Waals surface area contributed by atoms with Gasteiger partial charge in [-0.1, -0.05) is 59.6 Å². The van der Waals surface area contributed by atoms with E-state index >= 15 is 0 Å². The minimum Gasteiger partial charge on any atom is -0.364 e. The number of fused-ring (bicyclic) bond motifs is 1. The lowest BCUT2D eigenvalue weighted by Crippen LogP contribution is -2.35. The van der Waals surface area contributed by atoms with Gasteiger partial charge in [0.2, 0.25) is 5.95 Å². The Morgan fingerprint density at radius 2 is 1.76 bits per heavy atom. The Bertz CT molecular complexity index is 1680. The number of anilines is 2. The summed E-state index contributed by atoms with van der Waals surface area (Å²) in [5, 5.41) is 4.50. The van der Waals surface area contributed by atoms with Gasteiger partial charge in [-0.25, -0.2) is 9.37 Å². The molecular weight excluding hydrogens is 564 g/mol. The van der Waals surface area contributed by atoms with E-state index in [4.69, 9.17) is 33.2 Å². The summed E-state index contributed by atoms with van der Waals surface area (Å²) in [6.07, 6.45) is 1.72. The van der Waals surface area contributed by atoms with Gasteiger partial charge < -0.3 is 19.7 Å². The van der Waals surface area contributed by atoms with Crippen LogP contribution in [0.25, 0.3) is 11.2 Å². The van der Waals surface area contributed by atoms with Crippen LogP contribution in [0.3, 0.4) is 0 Å². The number of nitrogens with zero attached hydrogens (tertiary/aromatic N) is 6. The standard InChI is InChI=1S/C30H28Cl2FN7O/c1-38(29(41)21-7-5-8-23(31)16-21)14-15-39(2)30-36-27(34-17-20-10-12-24(33)13-11-20)26-28(37-30)40(19-35-26)18-22-6-3-4-9-25(22)32/h3-13,16,19H,14-15,17-18H2,1-2H3,(H,34,36,37). The summed E-state index contributed by atoms with van der Waals surface area (Å²) in [6, 6.07) is 20.8. The molecule has 0 saturated heterocycles. The Labute approximate surface area is 247 Å². The van der Waals surface area contributed by atoms with E-state index in [0.717, 1.165) is 11.1 Å². The van der Waals surface area contributed by atoms with Gasteiger partial charge in [0.1, 0.15) is 5.82 Å². The van der Waals surface area contributed by atoms with Crippen molar-refractivity contribution in [1.82, 2.24) is 24.4 Å². The first kappa shape index (κ1) is 28.3. The van der Waals surface area contributed by atoms with Gasteiger partial charge in [0, 0.05) is 49.3 Å². The molecule has 3 aromatic carbocycles. The highest BCUT2D eigenvalue weighted by Gasteiger charge is 2.18. The molecule has 5 rings (SSSR count). The average Bonchev–Trinajstić information content (AvgIpc) is 3.38. The molecule has 1 N–H and O–H groups in total. The molecule has 0 aliphatic carbocycles. The molecule has 0 saturated carbocycles. The van der Waals surface area contributed by atoms with Gasteiger partial charge in [-0.05, 0) is 47.5 Å². The molecule has 0 atom stereocenters. The van der Waals surface area contributed by atoms with Crippen LogP contribution in [0.5, 0.6) is 0 Å². The smallest absolute Gasteiger partial charge is 0.253 e. The summed E-state index contributed by atoms with van der Waals surface area (Å²) in [5.74, 6) is 0.585. The number of hydrogen-bond acceptors (Lipinski definition) is 6. The second-order valence-electron chi connectivity index (χ2n) is 9.65. The zero-order valence-corrected chi connectivity index (χ0v) is 24.1. The number of carbonyl (C=O) groups is 1. The van der Waals surface area contributed by atoms with E-state index < -0.39 is 0 Å². The molecule has 0 aliphatic heterocycles. The highest BCUT2D eigenvalue weighted by atomic mass is 35.5. The van der Waals surface area contributed by atoms with Gasteiger partial charge in [0.25, 0.3) is 5.91 Å². The van der Waals surface area contributed by atoms with E-state index in [1.165, 1.54) is 12.1 Å². The number of imidazole rings is 1. The molecule has 5 aromatic rings. The third-order valence-corrected chi connectivity index (χ3v) is 7.26. The van der Waals surface area contributed by atoms with Crippen LogP contribution in [0.15, 0.2) is 79.1 Å². The summed E-state index contributed by atoms with van der Waals surface area (Å²) in [4.78, 5) is 30.6. The predicted molar refractivity (Wildman–Crippen MR) is 161 cm³/mol. The monoisotopic (exact) mass is 591 g/mol. The molecule has 0 radical (unpaired) electrons. The van der Waals surface area contributed by atoms with Gasteiger partial charge in [0.05, 0.1) is 12.9 Å². The molecule has 0 unspecified atom stereocenters. The summed E-state index contributed by atoms with van der Waals surface area (Å²) in [5.41, 5.74) is 3.58. The first-order valence-electron chi connectivity index (χ1n) is 13.0. The molecule has 210 valence electrons. The Morgan fingerprint density at radius 3 is 2.51 bits per heavy atom. The molecule has 0 bridgehead atoms. The van der Waals surface area contributed by atoms with Crippen LogP contribution in [-0.2, 0) is 13.1 Å². The molecule has 11 heteroatoms. The third kappa shape index (κ3) is 6.75. The maximum absolute atomic E-state index is 13.4. The quantitative estimate of drug-likeness (QED) is 0.210. The Balaban J connectivity index is 1.40. The summed E-state index contributed by atoms with van der Waals surface area (Å²) >= 11 is 12.5. The molecular formula is C30H28Cl2FN7O. The first-order valence-corrected chi connectivity index (χ1v) is 13.7. The third-order valence-electron chi connectivity index (χ3n) is 6.65. The Hall–Kier alpha value is -4.21. The van der Waals surface area contributed by atoms with Crippen molar-refractivity contribution >= 4 is 52.0 Å². The van der Waals surface area contributed by atoms with Gasteiger partial charge in [-0.15, -0.1) is 0 Å². The van der Waals surface area contributed by atoms with Crippen LogP contribution in [0.1, 0.15) is 21.5 Å². The largest absolute Gasteiger partial charge is 0.364 e. The van der Waals surface area contributed by atoms with Crippen molar-refractivity contribution in [3.63, 3.8) is 0 Å². The van der Waals surface area contributed by atoms with Crippen molar-refractivity contribution in [3.05, 3.63) is 112 Å². The van der Waals surface area contributed by atoms with E-state index in [1.54, 1.807) is 54.7 Å². The zero-order chi connectivity index (χ0) is 28.9. The lowest BCUT2D eigenvalue weighted by atomic mass is 10.2. The normalized spacial score (nSPS) is 11.0. The maximum Gasteiger partial charge on any atom is 0.253 e. The van der Waals surface area contributed by atoms with Crippen molar-refractivity contribution < 1.29 is 9.18 Å². The SMILES string of the molecule is CN(CCN(C)c1nc(NCc2ccc(F)cc2)c2ncn(Cc3ccccc3Cl)c2n1)C(=O)c1cccc(Cl)c1. The molecule has 0 spiro atoms. The number of likely N-dealkylation sites (N-methyl/N-ethyl adjacent to an activating group) is 2. The van der Waals surface area contributed by atoms with Crippen LogP contribution < -0.4 is 10.2 Å². The number of nitrogens with one attached hydrogen (secondary N) is 1. The van der Waals surface area contributed by atoms with Crippen molar-refractivity contribution in [3.8, 4) is 0 Å². The molecule has 8 nitrogen and oxygen atoms in total. The summed E-state index contributed by atoms with van der Waals surface area (Å²) in [7, 11) is 3.62. The Morgan fingerprint density at radius 1 is 0.976 bits per heavy atom. The lowest BCUT2D eigenvalue weighted by Gasteiger charge is -2.23. The number of aromatic nitrogens is 4. The minimum absolute atomic E-state index is 0.128. The molecule has 0 aliphatic rings. The summed E-state index contributed by atoms with van der Waals surface area (Å²) < 4.78 is 15.3. The van der Waals surface area contributed by atoms with Crippen LogP contribution in [0, 0.1) is 5.82 Å². The fourth-order valence-electron chi connectivity index (χ4n) is 4.28. The Kier molecular flexibility index (Phi) is 8.66. The van der Waals surface area contributed by atoms with Crippen LogP contribution in [0.4, 0.5) is 16.2 Å². The maximum atomic E-state index is 13.4. The van der Waals surface area contributed by atoms with Crippen LogP contribution in [0.2, 0.25) is 10.0 Å². The van der Waals surface area contributed by atoms with Crippen molar-refractivity contribution in [2.75, 3.05) is 37.4 Å². The van der Waals surface area contributed by atoms with Gasteiger partial charge >= 0.3 is 0 Å². The first-order chi connectivity index (χ1) is 19.8. The fraction of sp³-hybridized carbons (Fsp3) is 0.200. The molecule has 1 amide bonds. The fourth-order valence-corrected chi connectivity index (χ4v) is 4.67. The molecule has 2 heterocycles. The highest BCUT2D eigenvalue weighted by Crippen LogP contribution is 2.25. The number of hydrogen-bond donors (Lipinski definition) is 1. The van der Waals surface area contributed by atoms with Crippen molar-refractivity contribution in [2.45, 2.75) is 13.1 Å². The van der Waals surface area contributed by atoms with Crippen molar-refractivity contribution in [2.24, 2.45) is 0 Å². The van der Waals surface area contributed by atoms with Gasteiger partial charge in [-0.2, -0.15) is 9.97 Å². The van der Waals surface area contributed by atoms with E-state index in [-0.39, 0.29) is 11.7 Å². The highest BCUT2D eigenvalue weighted by molar-refractivity contribution is 6.31. The lowest BCUT2D eigenvalue weighted by molar-refractivity contribution is 0.0798. The molecule has 2 aromatic heterocycles. The number of halogens is 3. The average molecular weight is 593 g/mol. The van der Waals surface area contributed by atoms with Crippen LogP contribution >= 0.6 is 23.2 Å². The zero-order valence-electron chi connectivity index (χ0n) is 22.6.